The van der Waals surface area contributed by atoms with E-state index >= 15 is 0 Å². The first-order chi connectivity index (χ1) is 7.17. The molecular weight excluding hydrogens is 182 g/mol. The van der Waals surface area contributed by atoms with E-state index in [0.29, 0.717) is 0 Å². The summed E-state index contributed by atoms with van der Waals surface area (Å²) < 4.78 is 0. The van der Waals surface area contributed by atoms with Crippen LogP contribution in [0.25, 0.3) is 0 Å². The first kappa shape index (κ1) is 13.0. The number of rotatable bonds is 5. The molecule has 1 saturated carbocycles. The topological polar surface area (TPSA) is 12.0 Å². The molecule has 1 fully saturated rings. The average molecular weight is 211 g/mol. The molecule has 0 amide bonds. The van der Waals surface area contributed by atoms with Crippen LogP contribution in [-0.2, 0) is 0 Å². The lowest BCUT2D eigenvalue weighted by molar-refractivity contribution is 0.211. The van der Waals surface area contributed by atoms with Gasteiger partial charge in [-0.2, -0.15) is 0 Å². The maximum atomic E-state index is 3.86. The Kier molecular flexibility index (Phi) is 5.66. The minimum Gasteiger partial charge on any atom is -0.311 e. The fourth-order valence-electron chi connectivity index (χ4n) is 2.79. The molecule has 1 N–H and O–H groups in total. The van der Waals surface area contributed by atoms with Crippen LogP contribution in [0.15, 0.2) is 0 Å². The van der Waals surface area contributed by atoms with Crippen LogP contribution in [0.1, 0.15) is 66.2 Å². The van der Waals surface area contributed by atoms with Crippen molar-refractivity contribution in [2.75, 3.05) is 0 Å². The van der Waals surface area contributed by atoms with Gasteiger partial charge >= 0.3 is 0 Å². The summed E-state index contributed by atoms with van der Waals surface area (Å²) in [5.41, 5.74) is 0. The number of hydrogen-bond acceptors (Lipinski definition) is 1. The van der Waals surface area contributed by atoms with Crippen molar-refractivity contribution in [3.8, 4) is 0 Å². The third-order valence-corrected chi connectivity index (χ3v) is 4.20. The van der Waals surface area contributed by atoms with Crippen molar-refractivity contribution < 1.29 is 0 Å². The van der Waals surface area contributed by atoms with Crippen LogP contribution < -0.4 is 5.32 Å². The zero-order valence-corrected chi connectivity index (χ0v) is 11.1. The quantitative estimate of drug-likeness (QED) is 0.725. The highest BCUT2D eigenvalue weighted by atomic mass is 14.9. The zero-order chi connectivity index (χ0) is 11.3. The van der Waals surface area contributed by atoms with Crippen LogP contribution in [0.2, 0.25) is 0 Å². The molecule has 0 saturated heterocycles. The van der Waals surface area contributed by atoms with E-state index < -0.39 is 0 Å². The predicted octanol–water partition coefficient (Wildman–Crippen LogP) is 3.98. The Labute approximate surface area is 96.0 Å². The van der Waals surface area contributed by atoms with E-state index in [0.717, 1.165) is 23.9 Å². The molecule has 4 unspecified atom stereocenters. The fourth-order valence-corrected chi connectivity index (χ4v) is 2.79. The highest BCUT2D eigenvalue weighted by Crippen LogP contribution is 2.29. The lowest BCUT2D eigenvalue weighted by Crippen LogP contribution is -2.42. The van der Waals surface area contributed by atoms with Crippen molar-refractivity contribution in [3.63, 3.8) is 0 Å². The van der Waals surface area contributed by atoms with Crippen LogP contribution in [0.5, 0.6) is 0 Å². The summed E-state index contributed by atoms with van der Waals surface area (Å²) in [6.07, 6.45) is 8.14. The Balaban J connectivity index is 2.31. The maximum absolute atomic E-state index is 3.86. The van der Waals surface area contributed by atoms with Crippen LogP contribution in [0.4, 0.5) is 0 Å². The molecule has 0 bridgehead atoms. The van der Waals surface area contributed by atoms with Crippen LogP contribution >= 0.6 is 0 Å². The molecule has 1 rings (SSSR count). The van der Waals surface area contributed by atoms with Crippen molar-refractivity contribution in [1.29, 1.82) is 0 Å². The molecule has 1 heteroatoms. The highest BCUT2D eigenvalue weighted by Gasteiger charge is 2.25. The second kappa shape index (κ2) is 6.52. The molecule has 90 valence electrons. The second-order valence-corrected chi connectivity index (χ2v) is 5.53. The summed E-state index contributed by atoms with van der Waals surface area (Å²) >= 11 is 0. The lowest BCUT2D eigenvalue weighted by atomic mass is 9.79. The minimum absolute atomic E-state index is 0.764. The van der Waals surface area contributed by atoms with Gasteiger partial charge in [-0.3, -0.25) is 0 Å². The first-order valence-electron chi connectivity index (χ1n) is 6.93. The molecular formula is C14H29N. The molecule has 0 radical (unpaired) electrons. The fraction of sp³-hybridized carbons (Fsp3) is 1.00. The van der Waals surface area contributed by atoms with Gasteiger partial charge in [0.2, 0.25) is 0 Å². The van der Waals surface area contributed by atoms with Crippen molar-refractivity contribution in [3.05, 3.63) is 0 Å². The van der Waals surface area contributed by atoms with Gasteiger partial charge < -0.3 is 5.32 Å². The van der Waals surface area contributed by atoms with Crippen LogP contribution in [-0.4, -0.2) is 12.1 Å². The van der Waals surface area contributed by atoms with Gasteiger partial charge in [-0.05, 0) is 43.9 Å². The molecule has 0 aliphatic heterocycles. The molecule has 0 aromatic heterocycles. The average Bonchev–Trinajstić information content (AvgIpc) is 2.23. The summed E-state index contributed by atoms with van der Waals surface area (Å²) in [5, 5.41) is 3.86. The van der Waals surface area contributed by atoms with Gasteiger partial charge in [0.05, 0.1) is 0 Å². The molecule has 15 heavy (non-hydrogen) atoms. The largest absolute Gasteiger partial charge is 0.311 e. The van der Waals surface area contributed by atoms with Gasteiger partial charge in [-0.1, -0.05) is 34.1 Å². The molecule has 0 aromatic carbocycles. The van der Waals surface area contributed by atoms with Crippen molar-refractivity contribution >= 4 is 0 Å². The van der Waals surface area contributed by atoms with E-state index in [-0.39, 0.29) is 0 Å². The molecule has 4 atom stereocenters. The third kappa shape index (κ3) is 4.14. The van der Waals surface area contributed by atoms with E-state index in [9.17, 15) is 0 Å². The number of hydrogen-bond donors (Lipinski definition) is 1. The van der Waals surface area contributed by atoms with Gasteiger partial charge in [-0.25, -0.2) is 0 Å². The summed E-state index contributed by atoms with van der Waals surface area (Å²) in [6, 6.07) is 1.56. The van der Waals surface area contributed by atoms with Crippen molar-refractivity contribution in [2.24, 2.45) is 11.8 Å². The van der Waals surface area contributed by atoms with E-state index in [1.54, 1.807) is 0 Å². The maximum Gasteiger partial charge on any atom is 0.00723 e. The molecule has 0 aromatic rings. The van der Waals surface area contributed by atoms with Gasteiger partial charge in [0.15, 0.2) is 0 Å². The second-order valence-electron chi connectivity index (χ2n) is 5.53. The van der Waals surface area contributed by atoms with E-state index in [2.05, 4.69) is 33.0 Å². The van der Waals surface area contributed by atoms with Gasteiger partial charge in [-0.15, -0.1) is 0 Å². The summed E-state index contributed by atoms with van der Waals surface area (Å²) in [4.78, 5) is 0. The standard InChI is InChI=1S/C14H29N/c1-5-7-13(6-2)15-14-9-8-11(3)12(4)10-14/h11-15H,5-10H2,1-4H3. The normalized spacial score (nSPS) is 34.0. The van der Waals surface area contributed by atoms with E-state index in [1.165, 1.54) is 38.5 Å². The molecule has 1 aliphatic carbocycles. The smallest absolute Gasteiger partial charge is 0.00723 e. The zero-order valence-electron chi connectivity index (χ0n) is 11.1. The Morgan fingerprint density at radius 1 is 1.13 bits per heavy atom. The lowest BCUT2D eigenvalue weighted by Gasteiger charge is -2.35. The number of nitrogens with one attached hydrogen (secondary N) is 1. The van der Waals surface area contributed by atoms with Crippen LogP contribution in [0, 0.1) is 11.8 Å². The summed E-state index contributed by atoms with van der Waals surface area (Å²) in [6.45, 7) is 9.42. The van der Waals surface area contributed by atoms with Gasteiger partial charge in [0.25, 0.3) is 0 Å². The van der Waals surface area contributed by atoms with E-state index in [4.69, 9.17) is 0 Å². The monoisotopic (exact) mass is 211 g/mol. The SMILES string of the molecule is CCCC(CC)NC1CCC(C)C(C)C1. The van der Waals surface area contributed by atoms with Crippen molar-refractivity contribution in [2.45, 2.75) is 78.3 Å². The third-order valence-electron chi connectivity index (χ3n) is 4.20. The Morgan fingerprint density at radius 2 is 1.87 bits per heavy atom. The Morgan fingerprint density at radius 3 is 2.40 bits per heavy atom. The first-order valence-corrected chi connectivity index (χ1v) is 6.93. The summed E-state index contributed by atoms with van der Waals surface area (Å²) in [7, 11) is 0. The van der Waals surface area contributed by atoms with Crippen LogP contribution in [0.3, 0.4) is 0 Å². The molecule has 0 spiro atoms. The summed E-state index contributed by atoms with van der Waals surface area (Å²) in [5.74, 6) is 1.85. The van der Waals surface area contributed by atoms with Gasteiger partial charge in [0, 0.05) is 12.1 Å². The minimum atomic E-state index is 0.764. The Hall–Kier alpha value is -0.0400. The van der Waals surface area contributed by atoms with Crippen molar-refractivity contribution in [1.82, 2.24) is 5.32 Å². The molecule has 0 heterocycles. The van der Waals surface area contributed by atoms with E-state index in [1.807, 2.05) is 0 Å². The van der Waals surface area contributed by atoms with Gasteiger partial charge in [0.1, 0.15) is 0 Å². The molecule has 1 nitrogen and oxygen atoms in total. The predicted molar refractivity (Wildman–Crippen MR) is 68.1 cm³/mol. The molecule has 1 aliphatic rings. The highest BCUT2D eigenvalue weighted by molar-refractivity contribution is 4.82. The Bertz CT molecular complexity index is 167.